The number of carbonyl (C=O) groups excluding carboxylic acids is 2. The molecule has 0 saturated carbocycles. The molecule has 0 heterocycles. The van der Waals surface area contributed by atoms with E-state index in [9.17, 15) is 9.59 Å². The van der Waals surface area contributed by atoms with Crippen LogP contribution in [0.25, 0.3) is 0 Å². The van der Waals surface area contributed by atoms with E-state index in [-0.39, 0.29) is 97.7 Å². The molecule has 0 rings (SSSR count). The Morgan fingerprint density at radius 3 is 0.677 bits per heavy atom. The van der Waals surface area contributed by atoms with Crippen molar-refractivity contribution in [1.29, 1.82) is 0 Å². The van der Waals surface area contributed by atoms with Crippen LogP contribution in [0.5, 0.6) is 0 Å². The Bertz CT molecular complexity index is 1190. The molecular weight excluding hydrogens is 845 g/mol. The third kappa shape index (κ3) is 38.7. The summed E-state index contributed by atoms with van der Waals surface area (Å²) in [5.41, 5.74) is 0. The third-order valence-electron chi connectivity index (χ3n) is 9.45. The van der Waals surface area contributed by atoms with Gasteiger partial charge in [0.1, 0.15) is 6.61 Å². The topological polar surface area (TPSA) is 163 Å². The fourth-order valence-electron chi connectivity index (χ4n) is 5.30. The number of esters is 1. The Morgan fingerprint density at radius 2 is 0.492 bits per heavy atom. The van der Waals surface area contributed by atoms with E-state index in [2.05, 4.69) is 13.2 Å². The van der Waals surface area contributed by atoms with Crippen LogP contribution < -0.4 is 0 Å². The zero-order valence-electron chi connectivity index (χ0n) is 42.8. The summed E-state index contributed by atoms with van der Waals surface area (Å²) in [5, 5.41) is 0. The second-order valence-corrected chi connectivity index (χ2v) is 17.7. The maximum absolute atomic E-state index is 11.5. The highest BCUT2D eigenvalue weighted by molar-refractivity contribution is 5.89. The monoisotopic (exact) mass is 937 g/mol. The van der Waals surface area contributed by atoms with Crippen molar-refractivity contribution in [2.24, 2.45) is 5.92 Å². The van der Waals surface area contributed by atoms with Gasteiger partial charge in [0.15, 0.2) is 5.78 Å². The number of rotatable bonds is 45. The molecule has 0 aliphatic carbocycles. The lowest BCUT2D eigenvalue weighted by Gasteiger charge is -2.23. The van der Waals surface area contributed by atoms with Gasteiger partial charge in [0, 0.05) is 12.5 Å². The third-order valence-corrected chi connectivity index (χ3v) is 9.45. The molecule has 0 aromatic heterocycles. The molecule has 0 aliphatic heterocycles. The van der Waals surface area contributed by atoms with Gasteiger partial charge in [0.25, 0.3) is 0 Å². The molecule has 0 spiro atoms. The molecule has 0 aromatic carbocycles. The summed E-state index contributed by atoms with van der Waals surface area (Å²) in [7, 11) is 0. The number of ketones is 1. The van der Waals surface area contributed by atoms with E-state index in [0.29, 0.717) is 92.3 Å². The quantitative estimate of drug-likeness (QED) is 0.0464. The second-order valence-electron chi connectivity index (χ2n) is 17.7. The smallest absolute Gasteiger partial charge is 0.330 e. The minimum atomic E-state index is -0.472. The van der Waals surface area contributed by atoms with Crippen molar-refractivity contribution in [3.63, 3.8) is 0 Å². The Hall–Kier alpha value is -1.90. The van der Waals surface area contributed by atoms with Crippen LogP contribution in [-0.4, -0.2) is 184 Å². The number of allylic oxidation sites excluding steroid dienone is 1. The van der Waals surface area contributed by atoms with Crippen molar-refractivity contribution in [3.8, 4) is 0 Å². The lowest BCUT2D eigenvalue weighted by Crippen LogP contribution is -2.31. The molecule has 0 radical (unpaired) electrons. The first kappa shape index (κ1) is 63.1. The van der Waals surface area contributed by atoms with Gasteiger partial charge < -0.3 is 66.3 Å². The highest BCUT2D eigenvalue weighted by atomic mass is 16.6. The largest absolute Gasteiger partial charge is 0.460 e. The molecule has 16 nitrogen and oxygen atoms in total. The average molecular weight is 937 g/mol. The van der Waals surface area contributed by atoms with Crippen LogP contribution in [-0.2, 0) is 75.9 Å². The predicted octanol–water partition coefficient (Wildman–Crippen LogP) is 6.76. The SMILES string of the molecule is C=CC(=O)CC(C)COC(C)COC(C)COC(C)COC(C)COC(C)COC(C)COC(C)COC(C)COC(C)COC(C)COC(C)COC(C)COC(C)COC(=O)C=C. The number of ether oxygens (including phenoxy) is 14. The molecule has 0 N–H and O–H groups in total. The lowest BCUT2D eigenvalue weighted by molar-refractivity contribution is -0.143. The first-order valence-corrected chi connectivity index (χ1v) is 23.7. The normalized spacial score (nSPS) is 18.5. The summed E-state index contributed by atoms with van der Waals surface area (Å²) in [5.74, 6) is -0.313. The molecule has 14 atom stereocenters. The molecule has 384 valence electrons. The number of carbonyl (C=O) groups is 2. The van der Waals surface area contributed by atoms with Crippen molar-refractivity contribution in [2.45, 2.75) is 183 Å². The van der Waals surface area contributed by atoms with Gasteiger partial charge in [-0.1, -0.05) is 20.1 Å². The fourth-order valence-corrected chi connectivity index (χ4v) is 5.30. The van der Waals surface area contributed by atoms with Crippen LogP contribution in [0.3, 0.4) is 0 Å². The molecule has 0 bridgehead atoms. The zero-order valence-corrected chi connectivity index (χ0v) is 42.8. The van der Waals surface area contributed by atoms with Crippen molar-refractivity contribution < 1.29 is 75.9 Å². The van der Waals surface area contributed by atoms with Gasteiger partial charge >= 0.3 is 5.97 Å². The van der Waals surface area contributed by atoms with Crippen LogP contribution in [0.15, 0.2) is 25.3 Å². The van der Waals surface area contributed by atoms with Gasteiger partial charge in [0.05, 0.1) is 165 Å². The minimum Gasteiger partial charge on any atom is -0.460 e. The van der Waals surface area contributed by atoms with E-state index in [0.717, 1.165) is 6.08 Å². The van der Waals surface area contributed by atoms with Gasteiger partial charge in [0.2, 0.25) is 0 Å². The highest BCUT2D eigenvalue weighted by Gasteiger charge is 2.18. The first-order valence-electron chi connectivity index (χ1n) is 23.7. The molecule has 0 amide bonds. The van der Waals surface area contributed by atoms with E-state index in [1.54, 1.807) is 0 Å². The van der Waals surface area contributed by atoms with Gasteiger partial charge in [-0.3, -0.25) is 4.79 Å². The number of hydrogen-bond donors (Lipinski definition) is 0. The summed E-state index contributed by atoms with van der Waals surface area (Å²) in [4.78, 5) is 22.7. The van der Waals surface area contributed by atoms with E-state index in [4.69, 9.17) is 66.3 Å². The van der Waals surface area contributed by atoms with Crippen LogP contribution in [0.2, 0.25) is 0 Å². The summed E-state index contributed by atoms with van der Waals surface area (Å²) >= 11 is 0. The van der Waals surface area contributed by atoms with Crippen LogP contribution in [0, 0.1) is 5.92 Å². The van der Waals surface area contributed by atoms with E-state index in [1.807, 2.05) is 96.9 Å². The molecule has 0 fully saturated rings. The van der Waals surface area contributed by atoms with Crippen molar-refractivity contribution in [3.05, 3.63) is 25.3 Å². The molecule has 0 saturated heterocycles. The average Bonchev–Trinajstić information content (AvgIpc) is 3.28. The molecule has 0 aromatic rings. The summed E-state index contributed by atoms with van der Waals surface area (Å²) in [6.07, 6.45) is 1.33. The predicted molar refractivity (Wildman–Crippen MR) is 251 cm³/mol. The molecular formula is C49H92O16. The van der Waals surface area contributed by atoms with Crippen molar-refractivity contribution >= 4 is 11.8 Å². The summed E-state index contributed by atoms with van der Waals surface area (Å²) in [6.45, 7) is 40.1. The Labute approximate surface area is 393 Å². The maximum Gasteiger partial charge on any atom is 0.330 e. The van der Waals surface area contributed by atoms with Crippen molar-refractivity contribution in [1.82, 2.24) is 0 Å². The highest BCUT2D eigenvalue weighted by Crippen LogP contribution is 2.09. The standard InChI is InChI=1S/C49H92O16/c1-17-48(50)19-34(3)20-52-35(4)21-53-36(5)22-54-37(6)23-55-38(7)24-56-39(8)25-57-40(9)26-58-41(10)27-59-42(11)28-60-43(12)29-61-44(13)30-62-45(14)31-63-46(15)32-64-47(16)33-65-49(51)18-2/h17-18,34-47H,1-2,19-33H2,3-16H3. The Kier molecular flexibility index (Phi) is 37.9. The summed E-state index contributed by atoms with van der Waals surface area (Å²) in [6, 6.07) is 0. The Balaban J connectivity index is 4.00. The van der Waals surface area contributed by atoms with E-state index < -0.39 is 5.97 Å². The second kappa shape index (κ2) is 39.0. The van der Waals surface area contributed by atoms with Gasteiger partial charge in [-0.05, 0) is 102 Å². The van der Waals surface area contributed by atoms with Gasteiger partial charge in [-0.25, -0.2) is 4.79 Å². The molecule has 65 heavy (non-hydrogen) atoms. The zero-order chi connectivity index (χ0) is 49.2. The van der Waals surface area contributed by atoms with Crippen LogP contribution in [0.4, 0.5) is 0 Å². The molecule has 0 aliphatic rings. The number of hydrogen-bond acceptors (Lipinski definition) is 16. The Morgan fingerprint density at radius 1 is 0.308 bits per heavy atom. The van der Waals surface area contributed by atoms with Crippen molar-refractivity contribution in [2.75, 3.05) is 92.5 Å². The molecule has 14 unspecified atom stereocenters. The maximum atomic E-state index is 11.5. The van der Waals surface area contributed by atoms with E-state index >= 15 is 0 Å². The first-order chi connectivity index (χ1) is 30.7. The van der Waals surface area contributed by atoms with Gasteiger partial charge in [-0.2, -0.15) is 0 Å². The minimum absolute atomic E-state index is 0.0272. The fraction of sp³-hybridized carbons (Fsp3) is 0.878. The summed E-state index contributed by atoms with van der Waals surface area (Å²) < 4.78 is 81.7. The molecule has 16 heteroatoms. The van der Waals surface area contributed by atoms with Crippen LogP contribution >= 0.6 is 0 Å². The van der Waals surface area contributed by atoms with E-state index in [1.165, 1.54) is 6.08 Å². The van der Waals surface area contributed by atoms with Gasteiger partial charge in [-0.15, -0.1) is 0 Å². The lowest BCUT2D eigenvalue weighted by atomic mass is 10.1. The van der Waals surface area contributed by atoms with Crippen LogP contribution in [0.1, 0.15) is 103 Å².